The van der Waals surface area contributed by atoms with E-state index in [1.807, 2.05) is 42.5 Å². The van der Waals surface area contributed by atoms with Gasteiger partial charge in [-0.1, -0.05) is 60.7 Å². The Morgan fingerprint density at radius 3 is 1.89 bits per heavy atom. The van der Waals surface area contributed by atoms with Crippen LogP contribution in [0, 0.1) is 0 Å². The van der Waals surface area contributed by atoms with Crippen molar-refractivity contribution < 1.29 is 28.8 Å². The van der Waals surface area contributed by atoms with Gasteiger partial charge in [-0.15, -0.1) is 22.7 Å². The van der Waals surface area contributed by atoms with Crippen LogP contribution in [0.2, 0.25) is 0 Å². The number of ether oxygens (including phenoxy) is 1. The van der Waals surface area contributed by atoms with E-state index in [1.54, 1.807) is 30.3 Å². The number of carbonyl (C=O) groups excluding carboxylic acids is 3. The van der Waals surface area contributed by atoms with Crippen LogP contribution in [0.25, 0.3) is 10.4 Å². The van der Waals surface area contributed by atoms with E-state index < -0.39 is 13.1 Å². The molecule has 0 saturated heterocycles. The van der Waals surface area contributed by atoms with E-state index in [-0.39, 0.29) is 5.97 Å². The predicted octanol–water partition coefficient (Wildman–Crippen LogP) is 6.11. The summed E-state index contributed by atoms with van der Waals surface area (Å²) < 4.78 is 11.4. The lowest BCUT2D eigenvalue weighted by atomic mass is 9.81. The minimum absolute atomic E-state index is 0.306. The Morgan fingerprint density at radius 2 is 1.44 bits per heavy atom. The monoisotopic (exact) mass is 715 g/mol. The third kappa shape index (κ3) is 9.18. The average Bonchev–Trinajstić information content (AvgIpc) is 3.45. The number of benzene rings is 2. The zero-order valence-corrected chi connectivity index (χ0v) is 25.1. The van der Waals surface area contributed by atoms with Crippen LogP contribution in [-0.4, -0.2) is 43.0 Å². The fourth-order valence-corrected chi connectivity index (χ4v) is 6.75. The largest absolute Gasteiger partial charge is 0.623 e. The second-order valence-corrected chi connectivity index (χ2v) is 11.8. The van der Waals surface area contributed by atoms with Gasteiger partial charge in [0, 0.05) is 9.35 Å². The van der Waals surface area contributed by atoms with Crippen LogP contribution in [0.1, 0.15) is 19.3 Å². The predicted molar refractivity (Wildman–Crippen MR) is 156 cm³/mol. The molecule has 12 heteroatoms. The third-order valence-electron chi connectivity index (χ3n) is 4.19. The van der Waals surface area contributed by atoms with Crippen molar-refractivity contribution in [2.24, 2.45) is 0 Å². The summed E-state index contributed by atoms with van der Waals surface area (Å²) in [6.07, 6.45) is 0. The molecule has 0 bridgehead atoms. The first-order valence-electron chi connectivity index (χ1n) is 9.93. The van der Waals surface area contributed by atoms with E-state index in [0.717, 1.165) is 23.2 Å². The molecule has 0 unspecified atom stereocenters. The molecule has 0 amide bonds. The summed E-state index contributed by atoms with van der Waals surface area (Å²) in [5.74, 6) is -0.730. The summed E-state index contributed by atoms with van der Waals surface area (Å²) >= 11 is 12.5. The molecule has 0 saturated carbocycles. The number of methoxy groups -OCH3 is 1. The van der Waals surface area contributed by atoms with Gasteiger partial charge in [0.2, 0.25) is 0 Å². The molecule has 36 heavy (non-hydrogen) atoms. The van der Waals surface area contributed by atoms with Crippen LogP contribution in [0.15, 0.2) is 85.5 Å². The van der Waals surface area contributed by atoms with Crippen molar-refractivity contribution in [1.29, 1.82) is 0 Å². The van der Waals surface area contributed by atoms with Crippen molar-refractivity contribution in [2.45, 2.75) is 0 Å². The highest BCUT2D eigenvalue weighted by Crippen LogP contribution is 2.35. The Kier molecular flexibility index (Phi) is 12.9. The standard InChI is InChI=1S/C12H9BrO2S.C6H7BO2.C6H3Br2O2S/c1-15-12(14)11-9(13)7-10(16-11)8-5-3-2-4-6-8;8-7(9)6-4-2-1-3-5-6;1-10-6(9)5-3(7)2-4(8)11-5/h2-7H,1H3;1-5,8-9H;2H,1H2/q;;+1. The molecule has 0 aliphatic heterocycles. The van der Waals surface area contributed by atoms with Gasteiger partial charge in [0.15, 0.2) is 11.7 Å². The Balaban J connectivity index is 0.000000200. The van der Waals surface area contributed by atoms with E-state index >= 15 is 0 Å². The Hall–Kier alpha value is -1.93. The van der Waals surface area contributed by atoms with Gasteiger partial charge in [0.05, 0.1) is 20.2 Å². The van der Waals surface area contributed by atoms with E-state index in [4.69, 9.17) is 14.8 Å². The third-order valence-corrected chi connectivity index (χ3v) is 8.74. The van der Waals surface area contributed by atoms with E-state index in [1.165, 1.54) is 29.8 Å². The van der Waals surface area contributed by atoms with Crippen molar-refractivity contribution in [1.82, 2.24) is 0 Å². The average molecular weight is 718 g/mol. The molecule has 4 aromatic rings. The van der Waals surface area contributed by atoms with Crippen LogP contribution in [-0.2, 0) is 9.16 Å². The number of carbonyl (C=O) groups is 2. The summed E-state index contributed by atoms with van der Waals surface area (Å²) in [6.45, 7) is 3.03. The number of halogens is 3. The number of rotatable bonds is 4. The minimum Gasteiger partial charge on any atom is -0.465 e. The second-order valence-electron chi connectivity index (χ2n) is 6.59. The number of esters is 1. The first kappa shape index (κ1) is 30.3. The fourth-order valence-electron chi connectivity index (χ4n) is 2.52. The molecule has 186 valence electrons. The quantitative estimate of drug-likeness (QED) is 0.151. The van der Waals surface area contributed by atoms with Gasteiger partial charge in [-0.05, 0) is 70.9 Å². The Morgan fingerprint density at radius 1 is 0.889 bits per heavy atom. The van der Waals surface area contributed by atoms with Gasteiger partial charge in [-0.2, -0.15) is 0 Å². The zero-order chi connectivity index (χ0) is 26.7. The van der Waals surface area contributed by atoms with E-state index in [2.05, 4.69) is 59.0 Å². The van der Waals surface area contributed by atoms with Crippen LogP contribution >= 0.6 is 70.5 Å². The van der Waals surface area contributed by atoms with Crippen molar-refractivity contribution in [3.05, 3.63) is 95.3 Å². The first-order chi connectivity index (χ1) is 17.2. The molecule has 0 aliphatic rings. The smallest absolute Gasteiger partial charge is 0.465 e. The van der Waals surface area contributed by atoms with Crippen LogP contribution in [0.4, 0.5) is 0 Å². The SMILES string of the molecule is C=[O+]C(=O)c1sc(Br)cc1Br.COC(=O)c1sc(-c2ccccc2)cc1Br.OB(O)c1ccccc1. The minimum atomic E-state index is -1.34. The molecule has 0 aliphatic carbocycles. The first-order valence-corrected chi connectivity index (χ1v) is 13.9. The van der Waals surface area contributed by atoms with Crippen molar-refractivity contribution >= 4 is 102 Å². The zero-order valence-electron chi connectivity index (χ0n) is 18.7. The van der Waals surface area contributed by atoms with Crippen LogP contribution in [0.3, 0.4) is 0 Å². The van der Waals surface area contributed by atoms with E-state index in [9.17, 15) is 9.59 Å². The van der Waals surface area contributed by atoms with Gasteiger partial charge >= 0.3 is 19.1 Å². The van der Waals surface area contributed by atoms with Crippen LogP contribution in [0.5, 0.6) is 0 Å². The van der Waals surface area contributed by atoms with Crippen molar-refractivity contribution in [3.63, 3.8) is 0 Å². The molecule has 2 aromatic carbocycles. The van der Waals surface area contributed by atoms with Gasteiger partial charge in [-0.25, -0.2) is 4.79 Å². The summed E-state index contributed by atoms with van der Waals surface area (Å²) in [4.78, 5) is 24.5. The van der Waals surface area contributed by atoms with Gasteiger partial charge < -0.3 is 14.8 Å². The molecule has 0 radical (unpaired) electrons. The number of thiophene rings is 2. The molecular formula is C24H19BBr3O6S2+. The molecule has 6 nitrogen and oxygen atoms in total. The molecule has 0 atom stereocenters. The lowest BCUT2D eigenvalue weighted by Gasteiger charge is -1.95. The molecule has 2 heterocycles. The molecule has 4 rings (SSSR count). The van der Waals surface area contributed by atoms with Crippen molar-refractivity contribution in [2.75, 3.05) is 7.11 Å². The normalized spacial score (nSPS) is 9.72. The molecule has 2 N–H and O–H groups in total. The molecular weight excluding hydrogens is 699 g/mol. The summed E-state index contributed by atoms with van der Waals surface area (Å²) in [7, 11) is 0.0441. The maximum Gasteiger partial charge on any atom is 0.623 e. The van der Waals surface area contributed by atoms with Gasteiger partial charge in [0.25, 0.3) is 0 Å². The highest BCUT2D eigenvalue weighted by molar-refractivity contribution is 9.11. The van der Waals surface area contributed by atoms with Gasteiger partial charge in [0.1, 0.15) is 4.88 Å². The molecule has 0 spiro atoms. The Labute approximate surface area is 241 Å². The fraction of sp³-hybridized carbons (Fsp3) is 0.0417. The van der Waals surface area contributed by atoms with Gasteiger partial charge in [-0.3, -0.25) is 4.42 Å². The number of hydrogen-bond donors (Lipinski definition) is 2. The Bertz CT molecular complexity index is 1290. The maximum absolute atomic E-state index is 11.4. The molecule has 2 aromatic heterocycles. The number of hydrogen-bond acceptors (Lipinski definition) is 7. The van der Waals surface area contributed by atoms with Crippen LogP contribution < -0.4 is 5.46 Å². The highest BCUT2D eigenvalue weighted by atomic mass is 79.9. The second kappa shape index (κ2) is 15.4. The maximum atomic E-state index is 11.4. The lowest BCUT2D eigenvalue weighted by molar-refractivity contribution is -0.333. The highest BCUT2D eigenvalue weighted by Gasteiger charge is 2.23. The summed E-state index contributed by atoms with van der Waals surface area (Å²) in [5.41, 5.74) is 1.63. The molecule has 0 fully saturated rings. The summed E-state index contributed by atoms with van der Waals surface area (Å²) in [6, 6.07) is 22.3. The lowest BCUT2D eigenvalue weighted by Crippen LogP contribution is -2.29. The van der Waals surface area contributed by atoms with E-state index in [0.29, 0.717) is 15.2 Å². The topological polar surface area (TPSA) is 95.1 Å². The van der Waals surface area contributed by atoms with Crippen molar-refractivity contribution in [3.8, 4) is 10.4 Å². The summed E-state index contributed by atoms with van der Waals surface area (Å²) in [5, 5.41) is 17.2.